The first-order valence-electron chi connectivity index (χ1n) is 4.60. The lowest BCUT2D eigenvalue weighted by Crippen LogP contribution is -2.23. The van der Waals surface area contributed by atoms with Crippen LogP contribution < -0.4 is 0 Å². The number of rotatable bonds is 3. The quantitative estimate of drug-likeness (QED) is 0.617. The van der Waals surface area contributed by atoms with Gasteiger partial charge in [0, 0.05) is 13.0 Å². The van der Waals surface area contributed by atoms with Gasteiger partial charge in [-0.2, -0.15) is 0 Å². The second kappa shape index (κ2) is 4.73. The first-order valence-corrected chi connectivity index (χ1v) is 4.60. The van der Waals surface area contributed by atoms with Crippen LogP contribution >= 0.6 is 0 Å². The number of ether oxygens (including phenoxy) is 1. The van der Waals surface area contributed by atoms with Crippen molar-refractivity contribution in [2.24, 2.45) is 0 Å². The Hall–Kier alpha value is -0.0800. The smallest absolute Gasteiger partial charge is 0.0952 e. The lowest BCUT2D eigenvalue weighted by Gasteiger charge is -2.23. The summed E-state index contributed by atoms with van der Waals surface area (Å²) in [5.41, 5.74) is 0. The molecule has 0 aliphatic carbocycles. The fourth-order valence-electron chi connectivity index (χ4n) is 1.45. The average molecular weight is 157 g/mol. The van der Waals surface area contributed by atoms with Gasteiger partial charge < -0.3 is 4.74 Å². The molecule has 11 heavy (non-hydrogen) atoms. The molecule has 2 atom stereocenters. The van der Waals surface area contributed by atoms with E-state index in [9.17, 15) is 5.11 Å². The van der Waals surface area contributed by atoms with Crippen LogP contribution in [0.5, 0.6) is 0 Å². The zero-order valence-corrected chi connectivity index (χ0v) is 7.21. The van der Waals surface area contributed by atoms with E-state index in [1.165, 1.54) is 12.8 Å². The minimum Gasteiger partial charge on any atom is -0.378 e. The van der Waals surface area contributed by atoms with Crippen molar-refractivity contribution < 1.29 is 9.84 Å². The summed E-state index contributed by atoms with van der Waals surface area (Å²) in [5, 5.41) is 11.1. The monoisotopic (exact) mass is 157 g/mol. The van der Waals surface area contributed by atoms with Crippen LogP contribution in [0, 0.1) is 0 Å². The highest BCUT2D eigenvalue weighted by molar-refractivity contribution is 4.67. The Labute approximate surface area is 68.6 Å². The Morgan fingerprint density at radius 3 is 2.91 bits per heavy atom. The summed E-state index contributed by atoms with van der Waals surface area (Å²) in [5.74, 6) is 0. The molecule has 1 aliphatic rings. The summed E-state index contributed by atoms with van der Waals surface area (Å²) >= 11 is 0. The van der Waals surface area contributed by atoms with Crippen molar-refractivity contribution in [2.45, 2.75) is 51.2 Å². The van der Waals surface area contributed by atoms with Gasteiger partial charge in [-0.05, 0) is 25.7 Å². The summed E-state index contributed by atoms with van der Waals surface area (Å²) in [7, 11) is 0. The highest BCUT2D eigenvalue weighted by atomic mass is 16.5. The van der Waals surface area contributed by atoms with Crippen LogP contribution in [0.2, 0.25) is 0 Å². The van der Waals surface area contributed by atoms with E-state index in [1.807, 2.05) is 6.92 Å². The molecule has 2 nitrogen and oxygen atoms in total. The molecule has 1 radical (unpaired) electrons. The van der Waals surface area contributed by atoms with Gasteiger partial charge >= 0.3 is 0 Å². The third-order valence-electron chi connectivity index (χ3n) is 2.26. The van der Waals surface area contributed by atoms with Gasteiger partial charge in [-0.3, -0.25) is 0 Å². The van der Waals surface area contributed by atoms with Gasteiger partial charge in [-0.1, -0.05) is 6.92 Å². The first-order chi connectivity index (χ1) is 5.33. The normalized spacial score (nSPS) is 28.4. The van der Waals surface area contributed by atoms with Crippen LogP contribution in [0.15, 0.2) is 0 Å². The Balaban J connectivity index is 2.13. The minimum atomic E-state index is -0.405. The van der Waals surface area contributed by atoms with Crippen molar-refractivity contribution in [3.8, 4) is 0 Å². The van der Waals surface area contributed by atoms with Crippen LogP contribution in [0.4, 0.5) is 0 Å². The molecule has 0 aromatic carbocycles. The topological polar surface area (TPSA) is 29.1 Å². The van der Waals surface area contributed by atoms with Crippen molar-refractivity contribution in [1.82, 2.24) is 0 Å². The molecule has 0 amide bonds. The molecular formula is C9H17O2. The summed E-state index contributed by atoms with van der Waals surface area (Å²) in [6.07, 6.45) is 4.83. The molecule has 1 heterocycles. The molecule has 0 aromatic heterocycles. The highest BCUT2D eigenvalue weighted by Crippen LogP contribution is 2.17. The maximum absolute atomic E-state index is 11.1. The van der Waals surface area contributed by atoms with Crippen molar-refractivity contribution in [1.29, 1.82) is 0 Å². The van der Waals surface area contributed by atoms with E-state index in [2.05, 4.69) is 0 Å². The van der Waals surface area contributed by atoms with E-state index in [4.69, 9.17) is 4.74 Å². The van der Waals surface area contributed by atoms with Crippen molar-refractivity contribution in [2.75, 3.05) is 6.61 Å². The molecule has 1 aliphatic heterocycles. The van der Waals surface area contributed by atoms with Gasteiger partial charge in [0.15, 0.2) is 0 Å². The molecule has 1 rings (SSSR count). The van der Waals surface area contributed by atoms with Crippen LogP contribution in [-0.2, 0) is 9.84 Å². The maximum Gasteiger partial charge on any atom is 0.0952 e. The molecule has 0 saturated carbocycles. The third-order valence-corrected chi connectivity index (χ3v) is 2.26. The van der Waals surface area contributed by atoms with E-state index in [0.29, 0.717) is 0 Å². The number of hydrogen-bond donors (Lipinski definition) is 0. The van der Waals surface area contributed by atoms with E-state index < -0.39 is 6.10 Å². The lowest BCUT2D eigenvalue weighted by atomic mass is 10.0. The Morgan fingerprint density at radius 1 is 1.55 bits per heavy atom. The van der Waals surface area contributed by atoms with Gasteiger partial charge in [0.1, 0.15) is 0 Å². The molecule has 0 bridgehead atoms. The second-order valence-corrected chi connectivity index (χ2v) is 3.25. The van der Waals surface area contributed by atoms with Gasteiger partial charge in [-0.25, -0.2) is 5.11 Å². The van der Waals surface area contributed by atoms with Crippen molar-refractivity contribution in [3.05, 3.63) is 0 Å². The average Bonchev–Trinajstić information content (AvgIpc) is 2.06. The minimum absolute atomic E-state index is 0.270. The molecule has 0 spiro atoms. The largest absolute Gasteiger partial charge is 0.378 e. The van der Waals surface area contributed by atoms with Gasteiger partial charge in [0.2, 0.25) is 0 Å². The first kappa shape index (κ1) is 9.01. The SMILES string of the molecule is CCC([O])CC1CCCCO1. The Kier molecular flexibility index (Phi) is 3.87. The summed E-state index contributed by atoms with van der Waals surface area (Å²) in [4.78, 5) is 0. The molecule has 1 fully saturated rings. The third kappa shape index (κ3) is 3.21. The van der Waals surface area contributed by atoms with E-state index in [0.717, 1.165) is 25.9 Å². The van der Waals surface area contributed by atoms with E-state index in [-0.39, 0.29) is 6.10 Å². The van der Waals surface area contributed by atoms with Gasteiger partial charge in [0.05, 0.1) is 12.2 Å². The van der Waals surface area contributed by atoms with Crippen LogP contribution in [-0.4, -0.2) is 18.8 Å². The van der Waals surface area contributed by atoms with E-state index in [1.54, 1.807) is 0 Å². The van der Waals surface area contributed by atoms with Crippen LogP contribution in [0.25, 0.3) is 0 Å². The van der Waals surface area contributed by atoms with Gasteiger partial charge in [-0.15, -0.1) is 0 Å². The molecule has 0 N–H and O–H groups in total. The summed E-state index contributed by atoms with van der Waals surface area (Å²) < 4.78 is 5.45. The lowest BCUT2D eigenvalue weighted by molar-refractivity contribution is -0.0315. The standard InChI is InChI=1S/C9H17O2/c1-2-8(10)7-9-5-3-4-6-11-9/h8-9H,2-7H2,1H3. The molecule has 0 aromatic rings. The van der Waals surface area contributed by atoms with Crippen molar-refractivity contribution >= 4 is 0 Å². The highest BCUT2D eigenvalue weighted by Gasteiger charge is 2.17. The molecule has 65 valence electrons. The predicted molar refractivity (Wildman–Crippen MR) is 43.0 cm³/mol. The molecule has 2 unspecified atom stereocenters. The maximum atomic E-state index is 11.1. The predicted octanol–water partition coefficient (Wildman–Crippen LogP) is 2.15. The zero-order chi connectivity index (χ0) is 8.10. The van der Waals surface area contributed by atoms with E-state index >= 15 is 0 Å². The van der Waals surface area contributed by atoms with Crippen LogP contribution in [0.3, 0.4) is 0 Å². The summed E-state index contributed by atoms with van der Waals surface area (Å²) in [6.45, 7) is 2.81. The Bertz CT molecular complexity index is 97.7. The fourth-order valence-corrected chi connectivity index (χ4v) is 1.45. The fraction of sp³-hybridized carbons (Fsp3) is 1.00. The van der Waals surface area contributed by atoms with Crippen LogP contribution in [0.1, 0.15) is 39.0 Å². The second-order valence-electron chi connectivity index (χ2n) is 3.25. The Morgan fingerprint density at radius 2 is 2.36 bits per heavy atom. The van der Waals surface area contributed by atoms with Gasteiger partial charge in [0.25, 0.3) is 0 Å². The zero-order valence-electron chi connectivity index (χ0n) is 7.21. The molecule has 1 saturated heterocycles. The van der Waals surface area contributed by atoms with Crippen molar-refractivity contribution in [3.63, 3.8) is 0 Å². The summed E-state index contributed by atoms with van der Waals surface area (Å²) in [6, 6.07) is 0. The molecular weight excluding hydrogens is 140 g/mol. The number of hydrogen-bond acceptors (Lipinski definition) is 1. The molecule has 2 heteroatoms.